The molecular weight excluding hydrogens is 450 g/mol. The molecule has 1 heterocycles. The lowest BCUT2D eigenvalue weighted by molar-refractivity contribution is -0.113. The Morgan fingerprint density at radius 2 is 1.82 bits per heavy atom. The van der Waals surface area contributed by atoms with Crippen LogP contribution in [0.15, 0.2) is 60.3 Å². The van der Waals surface area contributed by atoms with E-state index in [9.17, 15) is 9.59 Å². The van der Waals surface area contributed by atoms with Crippen LogP contribution >= 0.6 is 11.8 Å². The molecule has 0 saturated carbocycles. The van der Waals surface area contributed by atoms with Crippen molar-refractivity contribution in [2.45, 2.75) is 38.5 Å². The summed E-state index contributed by atoms with van der Waals surface area (Å²) in [5.41, 5.74) is 3.46. The molecular formula is C25H29N5O3S. The normalized spacial score (nSPS) is 11.5. The van der Waals surface area contributed by atoms with Crippen molar-refractivity contribution >= 4 is 29.3 Å². The van der Waals surface area contributed by atoms with Crippen LogP contribution < -0.4 is 15.4 Å². The summed E-state index contributed by atoms with van der Waals surface area (Å²) in [6.07, 6.45) is 1.73. The minimum Gasteiger partial charge on any atom is -0.497 e. The first kappa shape index (κ1) is 25.0. The van der Waals surface area contributed by atoms with Gasteiger partial charge in [-0.25, -0.2) is 0 Å². The van der Waals surface area contributed by atoms with Crippen molar-refractivity contribution in [2.75, 3.05) is 18.2 Å². The van der Waals surface area contributed by atoms with Gasteiger partial charge in [0.15, 0.2) is 11.0 Å². The van der Waals surface area contributed by atoms with Gasteiger partial charge in [-0.2, -0.15) is 0 Å². The first-order valence-corrected chi connectivity index (χ1v) is 11.8. The standard InChI is InChI=1S/C25H29N5O3S/c1-6-11-30-23(18(4)26-24(32)19-7-9-21(33-5)10-8-19)28-29-25(30)34-15-22(31)27-20-13-16(2)12-17(3)14-20/h6-10,12-14,18H,1,11,15H2,2-5H3,(H,26,32)(H,27,31)/t18-/m0/s1. The van der Waals surface area contributed by atoms with Gasteiger partial charge in [0.2, 0.25) is 5.91 Å². The van der Waals surface area contributed by atoms with E-state index < -0.39 is 6.04 Å². The number of methoxy groups -OCH3 is 1. The fourth-order valence-corrected chi connectivity index (χ4v) is 4.24. The highest BCUT2D eigenvalue weighted by Gasteiger charge is 2.20. The van der Waals surface area contributed by atoms with Crippen molar-refractivity contribution in [2.24, 2.45) is 0 Å². The van der Waals surface area contributed by atoms with Gasteiger partial charge in [-0.1, -0.05) is 23.9 Å². The predicted molar refractivity (Wildman–Crippen MR) is 134 cm³/mol. The van der Waals surface area contributed by atoms with Crippen LogP contribution in [-0.4, -0.2) is 39.4 Å². The maximum absolute atomic E-state index is 12.7. The number of ether oxygens (including phenoxy) is 1. The van der Waals surface area contributed by atoms with Crippen LogP contribution in [0.3, 0.4) is 0 Å². The zero-order valence-electron chi connectivity index (χ0n) is 19.8. The van der Waals surface area contributed by atoms with Gasteiger partial charge in [0.25, 0.3) is 5.91 Å². The zero-order valence-corrected chi connectivity index (χ0v) is 20.6. The quantitative estimate of drug-likeness (QED) is 0.332. The van der Waals surface area contributed by atoms with Crippen LogP contribution in [0.4, 0.5) is 5.69 Å². The molecule has 3 rings (SSSR count). The summed E-state index contributed by atoms with van der Waals surface area (Å²) in [6, 6.07) is 12.4. The first-order chi connectivity index (χ1) is 16.3. The molecule has 8 nitrogen and oxygen atoms in total. The third-order valence-electron chi connectivity index (χ3n) is 4.98. The topological polar surface area (TPSA) is 98.1 Å². The number of aryl methyl sites for hydroxylation is 2. The van der Waals surface area contributed by atoms with Crippen LogP contribution in [0.5, 0.6) is 5.75 Å². The second-order valence-electron chi connectivity index (χ2n) is 7.88. The maximum Gasteiger partial charge on any atom is 0.251 e. The average Bonchev–Trinajstić information content (AvgIpc) is 3.20. The minimum absolute atomic E-state index is 0.134. The van der Waals surface area contributed by atoms with Gasteiger partial charge in [-0.15, -0.1) is 16.8 Å². The molecule has 178 valence electrons. The Labute approximate surface area is 203 Å². The Hall–Kier alpha value is -3.59. The molecule has 0 saturated heterocycles. The number of aromatic nitrogens is 3. The number of nitrogens with zero attached hydrogens (tertiary/aromatic N) is 3. The number of anilines is 1. The van der Waals surface area contributed by atoms with Gasteiger partial charge in [-0.05, 0) is 68.3 Å². The number of benzene rings is 2. The monoisotopic (exact) mass is 479 g/mol. The van der Waals surface area contributed by atoms with Crippen LogP contribution in [0.25, 0.3) is 0 Å². The second-order valence-corrected chi connectivity index (χ2v) is 8.82. The lowest BCUT2D eigenvalue weighted by atomic mass is 10.1. The molecule has 9 heteroatoms. The van der Waals surface area contributed by atoms with Crippen molar-refractivity contribution in [3.63, 3.8) is 0 Å². The summed E-state index contributed by atoms with van der Waals surface area (Å²) in [4.78, 5) is 25.1. The number of thioether (sulfide) groups is 1. The molecule has 1 aromatic heterocycles. The van der Waals surface area contributed by atoms with Crippen molar-refractivity contribution in [3.05, 3.63) is 77.6 Å². The zero-order chi connectivity index (χ0) is 24.7. The van der Waals surface area contributed by atoms with E-state index in [1.54, 1.807) is 37.5 Å². The van der Waals surface area contributed by atoms with Gasteiger partial charge < -0.3 is 19.9 Å². The number of nitrogens with one attached hydrogen (secondary N) is 2. The minimum atomic E-state index is -0.402. The molecule has 0 aliphatic carbocycles. The van der Waals surface area contributed by atoms with Gasteiger partial charge >= 0.3 is 0 Å². The average molecular weight is 480 g/mol. The van der Waals surface area contributed by atoms with Gasteiger partial charge in [-0.3, -0.25) is 9.59 Å². The first-order valence-electron chi connectivity index (χ1n) is 10.8. The molecule has 0 aliphatic heterocycles. The van der Waals surface area contributed by atoms with Crippen LogP contribution in [0.1, 0.15) is 40.3 Å². The summed E-state index contributed by atoms with van der Waals surface area (Å²) >= 11 is 1.28. The second kappa shape index (κ2) is 11.5. The lowest BCUT2D eigenvalue weighted by Crippen LogP contribution is -2.28. The largest absolute Gasteiger partial charge is 0.497 e. The van der Waals surface area contributed by atoms with Crippen molar-refractivity contribution in [1.29, 1.82) is 0 Å². The van der Waals surface area contributed by atoms with Crippen LogP contribution in [0.2, 0.25) is 0 Å². The van der Waals surface area contributed by atoms with Gasteiger partial charge in [0, 0.05) is 17.8 Å². The maximum atomic E-state index is 12.7. The SMILES string of the molecule is C=CCn1c(SCC(=O)Nc2cc(C)cc(C)c2)nnc1[C@H](C)NC(=O)c1ccc(OC)cc1. The molecule has 34 heavy (non-hydrogen) atoms. The molecule has 3 aromatic rings. The molecule has 0 aliphatic rings. The number of amides is 2. The predicted octanol–water partition coefficient (Wildman–Crippen LogP) is 4.31. The molecule has 0 fully saturated rings. The van der Waals surface area contributed by atoms with Crippen molar-refractivity contribution < 1.29 is 14.3 Å². The molecule has 2 N–H and O–H groups in total. The van der Waals surface area contributed by atoms with E-state index in [0.717, 1.165) is 16.8 Å². The van der Waals surface area contributed by atoms with E-state index in [4.69, 9.17) is 4.74 Å². The van der Waals surface area contributed by atoms with E-state index in [-0.39, 0.29) is 17.6 Å². The fourth-order valence-electron chi connectivity index (χ4n) is 3.49. The Balaban J connectivity index is 1.66. The van der Waals surface area contributed by atoms with Crippen LogP contribution in [0, 0.1) is 13.8 Å². The number of hydrogen-bond donors (Lipinski definition) is 2. The molecule has 0 spiro atoms. The highest BCUT2D eigenvalue weighted by atomic mass is 32.2. The number of allylic oxidation sites excluding steroid dienone is 1. The van der Waals surface area contributed by atoms with Crippen molar-refractivity contribution in [1.82, 2.24) is 20.1 Å². The summed E-state index contributed by atoms with van der Waals surface area (Å²) < 4.78 is 6.98. The smallest absolute Gasteiger partial charge is 0.251 e. The van der Waals surface area contributed by atoms with E-state index in [1.807, 2.05) is 37.5 Å². The lowest BCUT2D eigenvalue weighted by Gasteiger charge is -2.15. The molecule has 0 bridgehead atoms. The number of carbonyl (C=O) groups is 2. The molecule has 0 unspecified atom stereocenters. The van der Waals surface area contributed by atoms with Gasteiger partial charge in [0.05, 0.1) is 18.9 Å². The van der Waals surface area contributed by atoms with E-state index in [2.05, 4.69) is 33.5 Å². The van der Waals surface area contributed by atoms with E-state index >= 15 is 0 Å². The van der Waals surface area contributed by atoms with Crippen molar-refractivity contribution in [3.8, 4) is 5.75 Å². The summed E-state index contributed by atoms with van der Waals surface area (Å²) in [5, 5.41) is 15.0. The number of hydrogen-bond acceptors (Lipinski definition) is 6. The van der Waals surface area contributed by atoms with Gasteiger partial charge in [0.1, 0.15) is 5.75 Å². The van der Waals surface area contributed by atoms with Crippen LogP contribution in [-0.2, 0) is 11.3 Å². The highest BCUT2D eigenvalue weighted by Crippen LogP contribution is 2.22. The number of rotatable bonds is 10. The summed E-state index contributed by atoms with van der Waals surface area (Å²) in [5.74, 6) is 1.07. The third-order valence-corrected chi connectivity index (χ3v) is 5.95. The molecule has 2 aromatic carbocycles. The Kier molecular flexibility index (Phi) is 8.48. The molecule has 2 amide bonds. The summed E-state index contributed by atoms with van der Waals surface area (Å²) in [6.45, 7) is 10.1. The van der Waals surface area contributed by atoms with E-state index in [0.29, 0.717) is 28.8 Å². The fraction of sp³-hybridized carbons (Fsp3) is 0.280. The highest BCUT2D eigenvalue weighted by molar-refractivity contribution is 7.99. The Morgan fingerprint density at radius 1 is 1.15 bits per heavy atom. The number of carbonyl (C=O) groups excluding carboxylic acids is 2. The third kappa shape index (κ3) is 6.48. The van der Waals surface area contributed by atoms with E-state index in [1.165, 1.54) is 11.8 Å². The summed E-state index contributed by atoms with van der Waals surface area (Å²) in [7, 11) is 1.58. The Morgan fingerprint density at radius 3 is 2.44 bits per heavy atom. The molecule has 0 radical (unpaired) electrons. The molecule has 1 atom stereocenters. The Bertz CT molecular complexity index is 1150.